The van der Waals surface area contributed by atoms with Gasteiger partial charge in [0.2, 0.25) is 5.43 Å². The van der Waals surface area contributed by atoms with E-state index in [1.54, 1.807) is 0 Å². The zero-order chi connectivity index (χ0) is 21.6. The van der Waals surface area contributed by atoms with Gasteiger partial charge < -0.3 is 19.7 Å². The van der Waals surface area contributed by atoms with E-state index in [1.807, 2.05) is 0 Å². The molecule has 1 aromatic heterocycles. The van der Waals surface area contributed by atoms with Crippen molar-refractivity contribution in [3.63, 3.8) is 0 Å². The highest BCUT2D eigenvalue weighted by Crippen LogP contribution is 2.35. The molecule has 4 rings (SSSR count). The summed E-state index contributed by atoms with van der Waals surface area (Å²) in [6, 6.07) is 5.12. The van der Waals surface area contributed by atoms with Crippen molar-refractivity contribution in [3.8, 4) is 5.69 Å². The number of aromatic carboxylic acids is 1. The fourth-order valence-corrected chi connectivity index (χ4v) is 3.95. The molecular formula is C21H17F3N2O4. The molecule has 0 aliphatic carbocycles. The number of nitrogens with zero attached hydrogens (tertiary/aromatic N) is 2. The van der Waals surface area contributed by atoms with Gasteiger partial charge in [-0.05, 0) is 43.2 Å². The molecule has 1 saturated heterocycles. The smallest absolute Gasteiger partial charge is 0.341 e. The molecule has 3 aromatic rings. The number of aromatic nitrogens is 1. The molecule has 0 saturated carbocycles. The number of carbonyl (C=O) groups is 1. The Balaban J connectivity index is 2.09. The summed E-state index contributed by atoms with van der Waals surface area (Å²) < 4.78 is 45.1. The average molecular weight is 418 g/mol. The minimum atomic E-state index is -1.55. The number of pyridine rings is 1. The number of rotatable bonds is 4. The van der Waals surface area contributed by atoms with Crippen LogP contribution in [-0.4, -0.2) is 39.9 Å². The lowest BCUT2D eigenvalue weighted by Gasteiger charge is -2.27. The quantitative estimate of drug-likeness (QED) is 0.681. The molecule has 0 amide bonds. The van der Waals surface area contributed by atoms with Gasteiger partial charge in [-0.15, -0.1) is 0 Å². The molecule has 0 bridgehead atoms. The van der Waals surface area contributed by atoms with E-state index in [0.29, 0.717) is 19.4 Å². The molecule has 2 N–H and O–H groups in total. The minimum absolute atomic E-state index is 0.195. The molecule has 9 heteroatoms. The number of carboxylic acids is 1. The second-order valence-electron chi connectivity index (χ2n) is 7.11. The Hall–Kier alpha value is -3.33. The van der Waals surface area contributed by atoms with Crippen LogP contribution in [0.3, 0.4) is 0 Å². The minimum Gasteiger partial charge on any atom is -0.477 e. The highest BCUT2D eigenvalue weighted by molar-refractivity contribution is 5.94. The van der Waals surface area contributed by atoms with Gasteiger partial charge in [0.25, 0.3) is 0 Å². The van der Waals surface area contributed by atoms with Gasteiger partial charge in [0.1, 0.15) is 22.9 Å². The summed E-state index contributed by atoms with van der Waals surface area (Å²) in [5.41, 5.74) is -2.22. The maximum atomic E-state index is 15.7. The van der Waals surface area contributed by atoms with Crippen molar-refractivity contribution in [1.29, 1.82) is 0 Å². The van der Waals surface area contributed by atoms with Crippen molar-refractivity contribution in [2.45, 2.75) is 18.9 Å². The Morgan fingerprint density at radius 2 is 1.87 bits per heavy atom. The topological polar surface area (TPSA) is 82.8 Å². The second kappa shape index (κ2) is 7.49. The van der Waals surface area contributed by atoms with Crippen LogP contribution in [-0.2, 0) is 0 Å². The first-order chi connectivity index (χ1) is 14.3. The summed E-state index contributed by atoms with van der Waals surface area (Å²) in [5, 5.41) is 18.5. The Kier molecular flexibility index (Phi) is 4.98. The highest BCUT2D eigenvalue weighted by atomic mass is 19.1. The number of fused-ring (bicyclic) bond motifs is 1. The number of hydrogen-bond acceptors (Lipinski definition) is 4. The number of aliphatic hydroxyl groups excluding tert-OH is 1. The van der Waals surface area contributed by atoms with E-state index in [2.05, 4.69) is 0 Å². The van der Waals surface area contributed by atoms with E-state index in [-0.39, 0.29) is 17.8 Å². The van der Waals surface area contributed by atoms with Crippen molar-refractivity contribution < 1.29 is 28.2 Å². The molecule has 0 spiro atoms. The van der Waals surface area contributed by atoms with Gasteiger partial charge in [0.05, 0.1) is 23.6 Å². The second-order valence-corrected chi connectivity index (χ2v) is 7.11. The van der Waals surface area contributed by atoms with Crippen molar-refractivity contribution in [2.75, 3.05) is 18.1 Å². The van der Waals surface area contributed by atoms with Crippen LogP contribution >= 0.6 is 0 Å². The van der Waals surface area contributed by atoms with Crippen LogP contribution in [0.4, 0.5) is 18.9 Å². The van der Waals surface area contributed by atoms with Crippen LogP contribution in [0.1, 0.15) is 23.2 Å². The number of halogens is 3. The zero-order valence-corrected chi connectivity index (χ0v) is 15.6. The van der Waals surface area contributed by atoms with Crippen LogP contribution in [0.15, 0.2) is 41.3 Å². The van der Waals surface area contributed by atoms with Gasteiger partial charge in [-0.2, -0.15) is 0 Å². The van der Waals surface area contributed by atoms with Crippen molar-refractivity contribution >= 4 is 22.6 Å². The van der Waals surface area contributed by atoms with E-state index in [9.17, 15) is 28.6 Å². The van der Waals surface area contributed by atoms with Crippen LogP contribution in [0.5, 0.6) is 0 Å². The first-order valence-electron chi connectivity index (χ1n) is 9.27. The molecule has 1 aliphatic rings. The maximum absolute atomic E-state index is 15.7. The first-order valence-corrected chi connectivity index (χ1v) is 9.27. The third kappa shape index (κ3) is 3.11. The van der Waals surface area contributed by atoms with Gasteiger partial charge in [-0.3, -0.25) is 4.79 Å². The lowest BCUT2D eigenvalue weighted by atomic mass is 10.1. The van der Waals surface area contributed by atoms with E-state index >= 15 is 4.39 Å². The van der Waals surface area contributed by atoms with Crippen molar-refractivity contribution in [3.05, 3.63) is 69.8 Å². The monoisotopic (exact) mass is 418 g/mol. The fourth-order valence-electron chi connectivity index (χ4n) is 3.95. The number of hydrogen-bond donors (Lipinski definition) is 2. The number of anilines is 1. The molecule has 30 heavy (non-hydrogen) atoms. The normalized spacial score (nSPS) is 16.4. The molecule has 6 nitrogen and oxygen atoms in total. The van der Waals surface area contributed by atoms with Gasteiger partial charge in [-0.1, -0.05) is 0 Å². The third-order valence-corrected chi connectivity index (χ3v) is 5.37. The Morgan fingerprint density at radius 1 is 1.17 bits per heavy atom. The zero-order valence-electron chi connectivity index (χ0n) is 15.6. The van der Waals surface area contributed by atoms with E-state index < -0.39 is 51.5 Å². The standard InChI is InChI=1S/C21H17F3N2O4/c22-11-3-5-12(6-4-11)26-9-15(21(29)30)20(28)14-8-16(23)19(17(24)18(14)26)25-7-1-2-13(25)10-27/h3-6,8-9,13,27H,1-2,7,10H2,(H,29,30). The van der Waals surface area contributed by atoms with Gasteiger partial charge in [-0.25, -0.2) is 18.0 Å². The summed E-state index contributed by atoms with van der Waals surface area (Å²) in [7, 11) is 0. The molecule has 1 unspecified atom stereocenters. The summed E-state index contributed by atoms with van der Waals surface area (Å²) in [5.74, 6) is -4.19. The van der Waals surface area contributed by atoms with Gasteiger partial charge in [0, 0.05) is 18.4 Å². The molecule has 0 radical (unpaired) electrons. The molecule has 1 fully saturated rings. The largest absolute Gasteiger partial charge is 0.477 e. The highest BCUT2D eigenvalue weighted by Gasteiger charge is 2.31. The predicted molar refractivity (Wildman–Crippen MR) is 104 cm³/mol. The molecule has 156 valence electrons. The fraction of sp³-hybridized carbons (Fsp3) is 0.238. The van der Waals surface area contributed by atoms with E-state index in [1.165, 1.54) is 17.0 Å². The van der Waals surface area contributed by atoms with Gasteiger partial charge >= 0.3 is 5.97 Å². The Labute approximate surface area is 168 Å². The van der Waals surface area contributed by atoms with Crippen molar-refractivity contribution in [2.24, 2.45) is 0 Å². The lowest BCUT2D eigenvalue weighted by Crippen LogP contribution is -2.34. The van der Waals surface area contributed by atoms with E-state index in [0.717, 1.165) is 29.0 Å². The van der Waals surface area contributed by atoms with Crippen LogP contribution in [0.25, 0.3) is 16.6 Å². The number of carboxylic acid groups (broad SMARTS) is 1. The third-order valence-electron chi connectivity index (χ3n) is 5.37. The Bertz CT molecular complexity index is 1210. The molecular weight excluding hydrogens is 401 g/mol. The predicted octanol–water partition coefficient (Wildman–Crippen LogP) is 3.07. The summed E-state index contributed by atoms with van der Waals surface area (Å²) in [4.78, 5) is 25.6. The summed E-state index contributed by atoms with van der Waals surface area (Å²) in [6.45, 7) is 0.0260. The van der Waals surface area contributed by atoms with Gasteiger partial charge in [0.15, 0.2) is 5.82 Å². The van der Waals surface area contributed by atoms with Crippen LogP contribution < -0.4 is 10.3 Å². The first kappa shape index (κ1) is 20.0. The SMILES string of the molecule is O=C(O)c1cn(-c2ccc(F)cc2)c2c(F)c(N3CCCC3CO)c(F)cc2c1=O. The Morgan fingerprint density at radius 3 is 2.50 bits per heavy atom. The molecule has 1 aliphatic heterocycles. The van der Waals surface area contributed by atoms with Crippen molar-refractivity contribution in [1.82, 2.24) is 4.57 Å². The van der Waals surface area contributed by atoms with Crippen LogP contribution in [0.2, 0.25) is 0 Å². The lowest BCUT2D eigenvalue weighted by molar-refractivity contribution is 0.0695. The number of benzene rings is 2. The number of aliphatic hydroxyl groups is 1. The molecule has 2 heterocycles. The molecule has 1 atom stereocenters. The molecule has 2 aromatic carbocycles. The summed E-state index contributed by atoms with van der Waals surface area (Å²) >= 11 is 0. The summed E-state index contributed by atoms with van der Waals surface area (Å²) in [6.07, 6.45) is 2.12. The van der Waals surface area contributed by atoms with Crippen LogP contribution in [0, 0.1) is 17.5 Å². The maximum Gasteiger partial charge on any atom is 0.341 e. The van der Waals surface area contributed by atoms with E-state index in [4.69, 9.17) is 0 Å². The average Bonchev–Trinajstić information content (AvgIpc) is 3.17.